The first-order chi connectivity index (χ1) is 15.7. The third-order valence-electron chi connectivity index (χ3n) is 5.95. The van der Waals surface area contributed by atoms with Crippen molar-refractivity contribution in [1.82, 2.24) is 10.6 Å². The van der Waals surface area contributed by atoms with Gasteiger partial charge in [-0.1, -0.05) is 42.5 Å². The zero-order valence-corrected chi connectivity index (χ0v) is 21.3. The van der Waals surface area contributed by atoms with Gasteiger partial charge in [0.25, 0.3) is 0 Å². The first-order valence-corrected chi connectivity index (χ1v) is 11.3. The molecule has 0 aliphatic carbocycles. The van der Waals surface area contributed by atoms with E-state index in [-0.39, 0.29) is 35.8 Å². The van der Waals surface area contributed by atoms with E-state index in [2.05, 4.69) is 51.3 Å². The zero-order valence-electron chi connectivity index (χ0n) is 19.0. The standard InChI is InChI=1S/C25H32N4O3.HI/c1-26-25(28-16-20-14-24(30)29-23-8-3-2-7-22(20)23)27-15-18-5-4-6-19(13-18)17-32-21-9-11-31-12-10-21;/h2-8,13,20-21H,9-12,14-17H2,1H3,(H,29,30)(H2,26,27,28);1H. The molecule has 0 spiro atoms. The highest BCUT2D eigenvalue weighted by atomic mass is 127. The van der Waals surface area contributed by atoms with Gasteiger partial charge in [0.1, 0.15) is 0 Å². The summed E-state index contributed by atoms with van der Waals surface area (Å²) < 4.78 is 11.4. The predicted octanol–water partition coefficient (Wildman–Crippen LogP) is 3.79. The molecule has 2 heterocycles. The number of halogens is 1. The molecule has 1 saturated heterocycles. The number of carbonyl (C=O) groups excluding carboxylic acids is 1. The lowest BCUT2D eigenvalue weighted by molar-refractivity contribution is -0.116. The van der Waals surface area contributed by atoms with Crippen molar-refractivity contribution in [3.05, 3.63) is 65.2 Å². The van der Waals surface area contributed by atoms with Gasteiger partial charge in [0, 0.05) is 51.4 Å². The van der Waals surface area contributed by atoms with E-state index in [1.807, 2.05) is 18.2 Å². The number of nitrogens with one attached hydrogen (secondary N) is 3. The van der Waals surface area contributed by atoms with Gasteiger partial charge in [-0.05, 0) is 35.6 Å². The summed E-state index contributed by atoms with van der Waals surface area (Å²) in [5.41, 5.74) is 4.40. The van der Waals surface area contributed by atoms with Crippen molar-refractivity contribution in [1.29, 1.82) is 0 Å². The lowest BCUT2D eigenvalue weighted by atomic mass is 9.90. The maximum Gasteiger partial charge on any atom is 0.225 e. The van der Waals surface area contributed by atoms with E-state index >= 15 is 0 Å². The lowest BCUT2D eigenvalue weighted by Crippen LogP contribution is -2.40. The van der Waals surface area contributed by atoms with Crippen LogP contribution in [-0.2, 0) is 27.4 Å². The summed E-state index contributed by atoms with van der Waals surface area (Å²) in [7, 11) is 1.76. The third kappa shape index (κ3) is 7.41. The fraction of sp³-hybridized carbons (Fsp3) is 0.440. The maximum atomic E-state index is 12.0. The van der Waals surface area contributed by atoms with Gasteiger partial charge in [-0.3, -0.25) is 9.79 Å². The van der Waals surface area contributed by atoms with Crippen LogP contribution in [0.3, 0.4) is 0 Å². The molecule has 2 aromatic rings. The Hall–Kier alpha value is -2.17. The van der Waals surface area contributed by atoms with Crippen LogP contribution in [0.2, 0.25) is 0 Å². The lowest BCUT2D eigenvalue weighted by Gasteiger charge is -2.26. The Morgan fingerprint density at radius 2 is 1.91 bits per heavy atom. The van der Waals surface area contributed by atoms with Crippen molar-refractivity contribution in [3.8, 4) is 0 Å². The molecule has 0 radical (unpaired) electrons. The van der Waals surface area contributed by atoms with E-state index in [0.717, 1.165) is 43.3 Å². The second-order valence-corrected chi connectivity index (χ2v) is 8.29. The Balaban J connectivity index is 0.00000306. The smallest absolute Gasteiger partial charge is 0.225 e. The summed E-state index contributed by atoms with van der Waals surface area (Å²) >= 11 is 0. The number of nitrogens with zero attached hydrogens (tertiary/aromatic N) is 1. The highest BCUT2D eigenvalue weighted by molar-refractivity contribution is 14.0. The monoisotopic (exact) mass is 564 g/mol. The highest BCUT2D eigenvalue weighted by Gasteiger charge is 2.24. The number of carbonyl (C=O) groups is 1. The van der Waals surface area contributed by atoms with Crippen LogP contribution in [0.5, 0.6) is 0 Å². The zero-order chi connectivity index (χ0) is 22.2. The van der Waals surface area contributed by atoms with E-state index in [1.165, 1.54) is 11.1 Å². The maximum absolute atomic E-state index is 12.0. The number of guanidine groups is 1. The Morgan fingerprint density at radius 3 is 2.73 bits per heavy atom. The molecule has 8 heteroatoms. The number of anilines is 1. The molecule has 33 heavy (non-hydrogen) atoms. The van der Waals surface area contributed by atoms with Crippen LogP contribution in [0, 0.1) is 0 Å². The number of para-hydroxylation sites is 1. The van der Waals surface area contributed by atoms with Crippen LogP contribution in [0.15, 0.2) is 53.5 Å². The summed E-state index contributed by atoms with van der Waals surface area (Å²) in [5.74, 6) is 0.889. The Kier molecular flexibility index (Phi) is 9.95. The van der Waals surface area contributed by atoms with Gasteiger partial charge >= 0.3 is 0 Å². The Labute approximate surface area is 212 Å². The summed E-state index contributed by atoms with van der Waals surface area (Å²) in [6.07, 6.45) is 2.70. The molecular weight excluding hydrogens is 531 g/mol. The van der Waals surface area contributed by atoms with E-state index in [1.54, 1.807) is 7.05 Å². The van der Waals surface area contributed by atoms with E-state index < -0.39 is 0 Å². The van der Waals surface area contributed by atoms with Gasteiger partial charge < -0.3 is 25.4 Å². The molecule has 2 aliphatic rings. The molecule has 0 bridgehead atoms. The molecule has 1 amide bonds. The quantitative estimate of drug-likeness (QED) is 0.271. The van der Waals surface area contributed by atoms with Crippen molar-refractivity contribution < 1.29 is 14.3 Å². The molecule has 0 saturated carbocycles. The third-order valence-corrected chi connectivity index (χ3v) is 5.95. The second kappa shape index (κ2) is 12.9. The Morgan fingerprint density at radius 1 is 1.12 bits per heavy atom. The van der Waals surface area contributed by atoms with E-state index in [9.17, 15) is 4.79 Å². The van der Waals surface area contributed by atoms with Crippen molar-refractivity contribution >= 4 is 41.5 Å². The number of hydrogen-bond acceptors (Lipinski definition) is 4. The summed E-state index contributed by atoms with van der Waals surface area (Å²) in [6, 6.07) is 16.4. The molecule has 178 valence electrons. The van der Waals surface area contributed by atoms with Crippen LogP contribution in [0.1, 0.15) is 41.9 Å². The minimum Gasteiger partial charge on any atom is -0.381 e. The summed E-state index contributed by atoms with van der Waals surface area (Å²) in [6.45, 7) is 3.50. The van der Waals surface area contributed by atoms with Gasteiger partial charge in [-0.25, -0.2) is 0 Å². The van der Waals surface area contributed by atoms with Crippen molar-refractivity contribution in [2.24, 2.45) is 4.99 Å². The fourth-order valence-electron chi connectivity index (χ4n) is 4.20. The number of aliphatic imine (C=N–C) groups is 1. The van der Waals surface area contributed by atoms with Gasteiger partial charge in [-0.2, -0.15) is 0 Å². The minimum atomic E-state index is 0. The topological polar surface area (TPSA) is 84.0 Å². The van der Waals surface area contributed by atoms with Crippen LogP contribution >= 0.6 is 24.0 Å². The molecule has 4 rings (SSSR count). The van der Waals surface area contributed by atoms with Crippen molar-refractivity contribution in [2.45, 2.75) is 44.4 Å². The fourth-order valence-corrected chi connectivity index (χ4v) is 4.20. The van der Waals surface area contributed by atoms with Crippen LogP contribution in [0.25, 0.3) is 0 Å². The van der Waals surface area contributed by atoms with Crippen LogP contribution < -0.4 is 16.0 Å². The van der Waals surface area contributed by atoms with Crippen molar-refractivity contribution in [3.63, 3.8) is 0 Å². The second-order valence-electron chi connectivity index (χ2n) is 8.29. The SMILES string of the molecule is CN=C(NCc1cccc(COC2CCOCC2)c1)NCC1CC(=O)Nc2ccccc21.I. The number of benzene rings is 2. The largest absolute Gasteiger partial charge is 0.381 e. The Bertz CT molecular complexity index is 947. The van der Waals surface area contributed by atoms with E-state index in [4.69, 9.17) is 9.47 Å². The highest BCUT2D eigenvalue weighted by Crippen LogP contribution is 2.31. The summed E-state index contributed by atoms with van der Waals surface area (Å²) in [5, 5.41) is 9.70. The number of amides is 1. The molecule has 7 nitrogen and oxygen atoms in total. The first-order valence-electron chi connectivity index (χ1n) is 11.3. The number of rotatable bonds is 7. The number of hydrogen-bond donors (Lipinski definition) is 3. The van der Waals surface area contributed by atoms with Crippen LogP contribution in [0.4, 0.5) is 5.69 Å². The average molecular weight is 564 g/mol. The molecule has 1 fully saturated rings. The van der Waals surface area contributed by atoms with E-state index in [0.29, 0.717) is 32.2 Å². The molecule has 1 atom stereocenters. The molecule has 2 aliphatic heterocycles. The molecular formula is C25H33IN4O3. The molecule has 3 N–H and O–H groups in total. The minimum absolute atomic E-state index is 0. The van der Waals surface area contributed by atoms with Gasteiger partial charge in [0.05, 0.1) is 12.7 Å². The van der Waals surface area contributed by atoms with Gasteiger partial charge in [0.2, 0.25) is 5.91 Å². The number of ether oxygens (including phenoxy) is 2. The predicted molar refractivity (Wildman–Crippen MR) is 141 cm³/mol. The van der Waals surface area contributed by atoms with Gasteiger partial charge in [-0.15, -0.1) is 24.0 Å². The van der Waals surface area contributed by atoms with Crippen LogP contribution in [-0.4, -0.2) is 44.8 Å². The molecule has 1 unspecified atom stereocenters. The normalized spacial score (nSPS) is 18.6. The van der Waals surface area contributed by atoms with Crippen molar-refractivity contribution in [2.75, 3.05) is 32.1 Å². The average Bonchev–Trinajstić information content (AvgIpc) is 2.83. The molecule has 0 aromatic heterocycles. The first kappa shape index (κ1) is 25.5. The number of fused-ring (bicyclic) bond motifs is 1. The van der Waals surface area contributed by atoms with Gasteiger partial charge in [0.15, 0.2) is 5.96 Å². The summed E-state index contributed by atoms with van der Waals surface area (Å²) in [4.78, 5) is 16.4. The molecule has 2 aromatic carbocycles.